The van der Waals surface area contributed by atoms with Gasteiger partial charge in [-0.1, -0.05) is 37.0 Å². The molecule has 1 saturated carbocycles. The highest BCUT2D eigenvalue weighted by molar-refractivity contribution is 6.02. The second-order valence-corrected chi connectivity index (χ2v) is 7.17. The van der Waals surface area contributed by atoms with Crippen molar-refractivity contribution in [3.63, 3.8) is 0 Å². The zero-order valence-electron chi connectivity index (χ0n) is 13.7. The number of likely N-dealkylation sites (N-methyl/N-ethyl adjacent to an activating group) is 1. The highest BCUT2D eigenvalue weighted by atomic mass is 15.5. The molecule has 3 aliphatic rings. The second kappa shape index (κ2) is 5.58. The van der Waals surface area contributed by atoms with Gasteiger partial charge in [0.25, 0.3) is 0 Å². The lowest BCUT2D eigenvalue weighted by molar-refractivity contribution is 0.285. The molecule has 1 N–H and O–H groups in total. The molecule has 1 aromatic rings. The fraction of sp³-hybridized carbons (Fsp3) is 0.611. The van der Waals surface area contributed by atoms with Gasteiger partial charge in [-0.3, -0.25) is 10.3 Å². The van der Waals surface area contributed by atoms with Gasteiger partial charge in [0.15, 0.2) is 0 Å². The summed E-state index contributed by atoms with van der Waals surface area (Å²) in [5, 5.41) is 4.70. The summed E-state index contributed by atoms with van der Waals surface area (Å²) in [6, 6.07) is 6.87. The lowest BCUT2D eigenvalue weighted by Gasteiger charge is -2.35. The summed E-state index contributed by atoms with van der Waals surface area (Å²) in [7, 11) is 2.19. The van der Waals surface area contributed by atoms with Gasteiger partial charge < -0.3 is 4.90 Å². The zero-order chi connectivity index (χ0) is 15.1. The van der Waals surface area contributed by atoms with E-state index >= 15 is 0 Å². The van der Waals surface area contributed by atoms with Crippen LogP contribution in [-0.4, -0.2) is 30.5 Å². The molecule has 4 heteroatoms. The molecule has 1 aliphatic carbocycles. The molecular formula is C18H26N4. The first-order valence-electron chi connectivity index (χ1n) is 8.62. The van der Waals surface area contributed by atoms with Crippen molar-refractivity contribution in [2.45, 2.75) is 51.7 Å². The van der Waals surface area contributed by atoms with Gasteiger partial charge in [0.05, 0.1) is 6.54 Å². The molecule has 2 aliphatic heterocycles. The largest absolute Gasteiger partial charge is 0.304 e. The van der Waals surface area contributed by atoms with Gasteiger partial charge in [0, 0.05) is 12.2 Å². The van der Waals surface area contributed by atoms with E-state index in [1.165, 1.54) is 54.8 Å². The van der Waals surface area contributed by atoms with Crippen molar-refractivity contribution >= 4 is 11.5 Å². The molecule has 1 atom stereocenters. The molecule has 4 rings (SSSR count). The van der Waals surface area contributed by atoms with E-state index in [1.54, 1.807) is 0 Å². The van der Waals surface area contributed by atoms with Gasteiger partial charge >= 0.3 is 0 Å². The average molecular weight is 298 g/mol. The van der Waals surface area contributed by atoms with Crippen LogP contribution in [0.25, 0.3) is 0 Å². The number of hydrogen-bond donors (Lipinski definition) is 1. The monoisotopic (exact) mass is 298 g/mol. The Morgan fingerprint density at radius 1 is 1.14 bits per heavy atom. The van der Waals surface area contributed by atoms with Gasteiger partial charge in [-0.2, -0.15) is 5.10 Å². The molecule has 1 unspecified atom stereocenters. The molecule has 0 aromatic heterocycles. The Labute approximate surface area is 133 Å². The van der Waals surface area contributed by atoms with Gasteiger partial charge in [0.2, 0.25) is 0 Å². The quantitative estimate of drug-likeness (QED) is 0.864. The highest BCUT2D eigenvalue weighted by Crippen LogP contribution is 2.35. The fourth-order valence-electron chi connectivity index (χ4n) is 4.24. The summed E-state index contributed by atoms with van der Waals surface area (Å²) >= 11 is 0. The molecule has 1 aromatic carbocycles. The molecule has 0 amide bonds. The van der Waals surface area contributed by atoms with Crippen LogP contribution < -0.4 is 10.3 Å². The number of nitrogens with one attached hydrogen (secondary N) is 1. The summed E-state index contributed by atoms with van der Waals surface area (Å²) in [5.41, 5.74) is 7.58. The lowest BCUT2D eigenvalue weighted by Crippen LogP contribution is -2.47. The number of aryl methyl sites for hydroxylation is 1. The molecule has 118 valence electrons. The molecule has 0 spiro atoms. The smallest absolute Gasteiger partial charge is 0.145 e. The number of hydrogen-bond acceptors (Lipinski definition) is 4. The van der Waals surface area contributed by atoms with Crippen molar-refractivity contribution in [2.75, 3.05) is 18.5 Å². The van der Waals surface area contributed by atoms with Crippen molar-refractivity contribution in [2.24, 2.45) is 11.0 Å². The van der Waals surface area contributed by atoms with Crippen molar-refractivity contribution in [1.82, 2.24) is 10.3 Å². The minimum absolute atomic E-state index is 0.350. The maximum Gasteiger partial charge on any atom is 0.145 e. The van der Waals surface area contributed by atoms with E-state index in [9.17, 15) is 0 Å². The Hall–Kier alpha value is -1.55. The standard InChI is InChI=1S/C18H26N4/c1-13-8-9-16-15(10-13)11-21(2)12-17-19-20-18(22(16)17)14-6-4-3-5-7-14/h8-10,14,18,20H,3-7,11-12H2,1-2H3. The summed E-state index contributed by atoms with van der Waals surface area (Å²) in [6.07, 6.45) is 7.14. The van der Waals surface area contributed by atoms with Crippen LogP contribution in [0.3, 0.4) is 0 Å². The van der Waals surface area contributed by atoms with Crippen LogP contribution in [0.1, 0.15) is 43.2 Å². The number of anilines is 1. The number of nitrogens with zero attached hydrogens (tertiary/aromatic N) is 3. The summed E-state index contributed by atoms with van der Waals surface area (Å²) < 4.78 is 0. The second-order valence-electron chi connectivity index (χ2n) is 7.17. The molecule has 2 heterocycles. The molecule has 0 bridgehead atoms. The van der Waals surface area contributed by atoms with Crippen LogP contribution >= 0.6 is 0 Å². The van der Waals surface area contributed by atoms with E-state index < -0.39 is 0 Å². The Balaban J connectivity index is 1.72. The van der Waals surface area contributed by atoms with Gasteiger partial charge in [-0.05, 0) is 44.4 Å². The van der Waals surface area contributed by atoms with E-state index in [-0.39, 0.29) is 0 Å². The third-order valence-electron chi connectivity index (χ3n) is 5.32. The molecule has 22 heavy (non-hydrogen) atoms. The Kier molecular flexibility index (Phi) is 3.57. The highest BCUT2D eigenvalue weighted by Gasteiger charge is 2.38. The van der Waals surface area contributed by atoms with Gasteiger partial charge in [-0.25, -0.2) is 0 Å². The minimum Gasteiger partial charge on any atom is -0.304 e. The Morgan fingerprint density at radius 2 is 1.95 bits per heavy atom. The minimum atomic E-state index is 0.350. The van der Waals surface area contributed by atoms with E-state index in [0.717, 1.165) is 13.1 Å². The maximum absolute atomic E-state index is 4.70. The van der Waals surface area contributed by atoms with Crippen molar-refractivity contribution in [1.29, 1.82) is 0 Å². The lowest BCUT2D eigenvalue weighted by atomic mass is 9.86. The molecule has 4 nitrogen and oxygen atoms in total. The van der Waals surface area contributed by atoms with Gasteiger partial charge in [0.1, 0.15) is 12.0 Å². The maximum atomic E-state index is 4.70. The number of rotatable bonds is 1. The molecule has 0 radical (unpaired) electrons. The number of fused-ring (bicyclic) bond motifs is 3. The third kappa shape index (κ3) is 2.39. The van der Waals surface area contributed by atoms with E-state index in [1.807, 2.05) is 0 Å². The average Bonchev–Trinajstić information content (AvgIpc) is 2.86. The summed E-state index contributed by atoms with van der Waals surface area (Å²) in [4.78, 5) is 4.86. The third-order valence-corrected chi connectivity index (χ3v) is 5.32. The SMILES string of the molecule is Cc1ccc2c(c1)CN(C)CC1=NNC(C3CCCCC3)N12. The van der Waals surface area contributed by atoms with E-state index in [4.69, 9.17) is 5.10 Å². The summed E-state index contributed by atoms with van der Waals surface area (Å²) in [5.74, 6) is 1.90. The first-order valence-corrected chi connectivity index (χ1v) is 8.62. The van der Waals surface area contributed by atoms with Gasteiger partial charge in [-0.15, -0.1) is 0 Å². The predicted molar refractivity (Wildman–Crippen MR) is 90.9 cm³/mol. The number of benzene rings is 1. The van der Waals surface area contributed by atoms with Crippen LogP contribution in [0, 0.1) is 12.8 Å². The van der Waals surface area contributed by atoms with E-state index in [0.29, 0.717) is 12.1 Å². The normalized spacial score (nSPS) is 26.0. The molecule has 0 saturated heterocycles. The molecular weight excluding hydrogens is 272 g/mol. The van der Waals surface area contributed by atoms with Crippen LogP contribution in [0.4, 0.5) is 5.69 Å². The fourth-order valence-corrected chi connectivity index (χ4v) is 4.24. The van der Waals surface area contributed by atoms with Crippen molar-refractivity contribution in [3.8, 4) is 0 Å². The van der Waals surface area contributed by atoms with E-state index in [2.05, 4.69) is 47.4 Å². The van der Waals surface area contributed by atoms with Crippen LogP contribution in [0.5, 0.6) is 0 Å². The first kappa shape index (κ1) is 14.1. The Morgan fingerprint density at radius 3 is 2.77 bits per heavy atom. The van der Waals surface area contributed by atoms with Crippen LogP contribution in [-0.2, 0) is 6.54 Å². The zero-order valence-corrected chi connectivity index (χ0v) is 13.7. The summed E-state index contributed by atoms with van der Waals surface area (Å²) in [6.45, 7) is 4.11. The number of hydrazone groups is 1. The molecule has 1 fully saturated rings. The van der Waals surface area contributed by atoms with Crippen LogP contribution in [0.15, 0.2) is 23.3 Å². The first-order chi connectivity index (χ1) is 10.7. The number of amidine groups is 1. The predicted octanol–water partition coefficient (Wildman–Crippen LogP) is 3.07. The van der Waals surface area contributed by atoms with Crippen molar-refractivity contribution < 1.29 is 0 Å². The van der Waals surface area contributed by atoms with Crippen LogP contribution in [0.2, 0.25) is 0 Å². The Bertz CT molecular complexity index is 589. The van der Waals surface area contributed by atoms with Crippen molar-refractivity contribution in [3.05, 3.63) is 29.3 Å². The topological polar surface area (TPSA) is 30.9 Å².